The van der Waals surface area contributed by atoms with Crippen molar-refractivity contribution in [2.45, 2.75) is 13.0 Å². The molecule has 1 atom stereocenters. The highest BCUT2D eigenvalue weighted by molar-refractivity contribution is 6.30. The van der Waals surface area contributed by atoms with E-state index in [0.717, 1.165) is 11.4 Å². The second-order valence-electron chi connectivity index (χ2n) is 3.23. The molecule has 0 saturated heterocycles. The van der Waals surface area contributed by atoms with Crippen molar-refractivity contribution in [1.29, 1.82) is 0 Å². The third kappa shape index (κ3) is 2.32. The highest BCUT2D eigenvalue weighted by Crippen LogP contribution is 2.21. The molecule has 4 heteroatoms. The SMILES string of the molecule is C[C@@H](N)c1ccc(N(C)C)nc1Cl. The normalized spacial score (nSPS) is 12.7. The molecule has 1 aromatic heterocycles. The molecule has 0 amide bonds. The van der Waals surface area contributed by atoms with Crippen LogP contribution >= 0.6 is 11.6 Å². The van der Waals surface area contributed by atoms with Gasteiger partial charge in [-0.2, -0.15) is 0 Å². The van der Waals surface area contributed by atoms with Crippen molar-refractivity contribution in [2.24, 2.45) is 5.73 Å². The first kappa shape index (κ1) is 10.3. The molecule has 0 saturated carbocycles. The molecular formula is C9H14ClN3. The minimum absolute atomic E-state index is 0.0730. The molecule has 13 heavy (non-hydrogen) atoms. The first-order valence-corrected chi connectivity index (χ1v) is 4.49. The van der Waals surface area contributed by atoms with Crippen LogP contribution in [0.3, 0.4) is 0 Å². The predicted molar refractivity (Wildman–Crippen MR) is 56.2 cm³/mol. The highest BCUT2D eigenvalue weighted by atomic mass is 35.5. The standard InChI is InChI=1S/C9H14ClN3/c1-6(11)7-4-5-8(13(2)3)12-9(7)10/h4-6H,11H2,1-3H3/t6-/m1/s1. The molecule has 3 nitrogen and oxygen atoms in total. The molecule has 1 aromatic rings. The quantitative estimate of drug-likeness (QED) is 0.739. The van der Waals surface area contributed by atoms with E-state index in [1.807, 2.05) is 38.1 Å². The van der Waals surface area contributed by atoms with Gasteiger partial charge < -0.3 is 10.6 Å². The van der Waals surface area contributed by atoms with Crippen LogP contribution in [0, 0.1) is 0 Å². The summed E-state index contributed by atoms with van der Waals surface area (Å²) in [7, 11) is 3.84. The largest absolute Gasteiger partial charge is 0.363 e. The van der Waals surface area contributed by atoms with Crippen molar-refractivity contribution in [3.63, 3.8) is 0 Å². The molecule has 0 aliphatic carbocycles. The molecule has 0 bridgehead atoms. The number of halogens is 1. The fraction of sp³-hybridized carbons (Fsp3) is 0.444. The predicted octanol–water partition coefficient (Wildman–Crippen LogP) is 1.82. The first-order valence-electron chi connectivity index (χ1n) is 4.11. The zero-order valence-corrected chi connectivity index (χ0v) is 8.84. The van der Waals surface area contributed by atoms with E-state index in [2.05, 4.69) is 4.98 Å². The number of hydrogen-bond acceptors (Lipinski definition) is 3. The maximum atomic E-state index is 5.95. The van der Waals surface area contributed by atoms with Crippen molar-refractivity contribution in [2.75, 3.05) is 19.0 Å². The van der Waals surface area contributed by atoms with Crippen molar-refractivity contribution in [3.05, 3.63) is 22.8 Å². The van der Waals surface area contributed by atoms with Crippen molar-refractivity contribution in [3.8, 4) is 0 Å². The lowest BCUT2D eigenvalue weighted by molar-refractivity contribution is 0.811. The minimum Gasteiger partial charge on any atom is -0.363 e. The second-order valence-corrected chi connectivity index (χ2v) is 3.59. The van der Waals surface area contributed by atoms with Gasteiger partial charge in [0.05, 0.1) is 0 Å². The molecular weight excluding hydrogens is 186 g/mol. The van der Waals surface area contributed by atoms with Crippen molar-refractivity contribution in [1.82, 2.24) is 4.98 Å². The summed E-state index contributed by atoms with van der Waals surface area (Å²) in [6, 6.07) is 3.75. The summed E-state index contributed by atoms with van der Waals surface area (Å²) >= 11 is 5.95. The van der Waals surface area contributed by atoms with E-state index in [1.54, 1.807) is 0 Å². The third-order valence-electron chi connectivity index (χ3n) is 1.81. The van der Waals surface area contributed by atoms with Gasteiger partial charge in [-0.25, -0.2) is 4.98 Å². The molecule has 2 N–H and O–H groups in total. The summed E-state index contributed by atoms with van der Waals surface area (Å²) in [6.07, 6.45) is 0. The third-order valence-corrected chi connectivity index (χ3v) is 2.11. The Morgan fingerprint density at radius 3 is 2.46 bits per heavy atom. The van der Waals surface area contributed by atoms with Gasteiger partial charge in [0.2, 0.25) is 0 Å². The molecule has 0 fully saturated rings. The Balaban J connectivity index is 3.06. The number of rotatable bonds is 2. The maximum Gasteiger partial charge on any atom is 0.136 e. The lowest BCUT2D eigenvalue weighted by atomic mass is 10.1. The van der Waals surface area contributed by atoms with Gasteiger partial charge >= 0.3 is 0 Å². The Morgan fingerprint density at radius 2 is 2.08 bits per heavy atom. The molecule has 0 aliphatic rings. The summed E-state index contributed by atoms with van der Waals surface area (Å²) in [5, 5.41) is 0.487. The van der Waals surface area contributed by atoms with Gasteiger partial charge in [-0.05, 0) is 13.0 Å². The number of anilines is 1. The number of pyridine rings is 1. The van der Waals surface area contributed by atoms with Crippen LogP contribution in [0.2, 0.25) is 5.15 Å². The smallest absolute Gasteiger partial charge is 0.136 e. The van der Waals surface area contributed by atoms with Crippen LogP contribution in [0.1, 0.15) is 18.5 Å². The van der Waals surface area contributed by atoms with E-state index in [-0.39, 0.29) is 6.04 Å². The second kappa shape index (κ2) is 3.94. The highest BCUT2D eigenvalue weighted by Gasteiger charge is 2.07. The van der Waals surface area contributed by atoms with Gasteiger partial charge in [0.15, 0.2) is 0 Å². The molecule has 1 rings (SSSR count). The van der Waals surface area contributed by atoms with E-state index in [9.17, 15) is 0 Å². The number of hydrogen-bond donors (Lipinski definition) is 1. The minimum atomic E-state index is -0.0730. The van der Waals surface area contributed by atoms with Crippen LogP contribution in [0.5, 0.6) is 0 Å². The molecule has 72 valence electrons. The van der Waals surface area contributed by atoms with Crippen LogP contribution in [0.4, 0.5) is 5.82 Å². The lowest BCUT2D eigenvalue weighted by Crippen LogP contribution is -2.12. The summed E-state index contributed by atoms with van der Waals surface area (Å²) in [5.74, 6) is 0.842. The van der Waals surface area contributed by atoms with E-state index >= 15 is 0 Å². The van der Waals surface area contributed by atoms with E-state index in [1.165, 1.54) is 0 Å². The van der Waals surface area contributed by atoms with E-state index in [4.69, 9.17) is 17.3 Å². The summed E-state index contributed by atoms with van der Waals surface area (Å²) in [5.41, 5.74) is 6.58. The van der Waals surface area contributed by atoms with Gasteiger partial charge in [-0.3, -0.25) is 0 Å². The Morgan fingerprint density at radius 1 is 1.46 bits per heavy atom. The van der Waals surface area contributed by atoms with E-state index in [0.29, 0.717) is 5.15 Å². The first-order chi connectivity index (χ1) is 6.02. The average Bonchev–Trinajstić information content (AvgIpc) is 2.03. The van der Waals surface area contributed by atoms with Crippen LogP contribution in [0.25, 0.3) is 0 Å². The van der Waals surface area contributed by atoms with Crippen LogP contribution in [-0.2, 0) is 0 Å². The molecule has 0 aromatic carbocycles. The zero-order chi connectivity index (χ0) is 10.0. The molecule has 1 heterocycles. The Kier molecular flexibility index (Phi) is 3.12. The summed E-state index contributed by atoms with van der Waals surface area (Å²) in [6.45, 7) is 1.89. The Labute approximate surface area is 83.5 Å². The lowest BCUT2D eigenvalue weighted by Gasteiger charge is -2.14. The van der Waals surface area contributed by atoms with Gasteiger partial charge in [0.1, 0.15) is 11.0 Å². The van der Waals surface area contributed by atoms with Crippen LogP contribution in [0.15, 0.2) is 12.1 Å². The molecule has 0 aliphatic heterocycles. The van der Waals surface area contributed by atoms with E-state index < -0.39 is 0 Å². The van der Waals surface area contributed by atoms with Crippen molar-refractivity contribution >= 4 is 17.4 Å². The Bertz CT molecular complexity index is 297. The summed E-state index contributed by atoms with van der Waals surface area (Å²) in [4.78, 5) is 6.10. The zero-order valence-electron chi connectivity index (χ0n) is 8.08. The monoisotopic (exact) mass is 199 g/mol. The number of aromatic nitrogens is 1. The maximum absolute atomic E-state index is 5.95. The number of nitrogens with two attached hydrogens (primary N) is 1. The van der Waals surface area contributed by atoms with Crippen LogP contribution < -0.4 is 10.6 Å². The van der Waals surface area contributed by atoms with Gasteiger partial charge in [0.25, 0.3) is 0 Å². The molecule has 0 unspecified atom stereocenters. The topological polar surface area (TPSA) is 42.1 Å². The van der Waals surface area contributed by atoms with Gasteiger partial charge in [-0.15, -0.1) is 0 Å². The Hall–Kier alpha value is -0.800. The molecule has 0 spiro atoms. The van der Waals surface area contributed by atoms with Gasteiger partial charge in [0, 0.05) is 25.7 Å². The number of nitrogens with zero attached hydrogens (tertiary/aromatic N) is 2. The molecule has 0 radical (unpaired) electrons. The fourth-order valence-corrected chi connectivity index (χ4v) is 1.35. The van der Waals surface area contributed by atoms with Crippen LogP contribution in [-0.4, -0.2) is 19.1 Å². The fourth-order valence-electron chi connectivity index (χ4n) is 1.02. The van der Waals surface area contributed by atoms with Gasteiger partial charge in [-0.1, -0.05) is 17.7 Å². The van der Waals surface area contributed by atoms with Crippen molar-refractivity contribution < 1.29 is 0 Å². The average molecular weight is 200 g/mol. The summed E-state index contributed by atoms with van der Waals surface area (Å²) < 4.78 is 0.